The van der Waals surface area contributed by atoms with Gasteiger partial charge in [0.25, 0.3) is 0 Å². The van der Waals surface area contributed by atoms with Crippen LogP contribution < -0.4 is 5.76 Å². The van der Waals surface area contributed by atoms with Gasteiger partial charge in [-0.25, -0.2) is 4.79 Å². The largest absolute Gasteiger partial charge is 0.436 e. The molecule has 1 aromatic heterocycles. The fraction of sp³-hybridized carbons (Fsp3) is 0.714. The highest BCUT2D eigenvalue weighted by Gasteiger charge is 2.21. The summed E-state index contributed by atoms with van der Waals surface area (Å²) in [5.74, 6) is 0.0694. The summed E-state index contributed by atoms with van der Waals surface area (Å²) in [5.41, 5.74) is -0.194. The third-order valence-corrected chi connectivity index (χ3v) is 1.33. The SMILES string of the molecule is Cn1nc(C(C)(C)C)oc1=O. The van der Waals surface area contributed by atoms with Crippen LogP contribution in [0.1, 0.15) is 26.7 Å². The van der Waals surface area contributed by atoms with Crippen LogP contribution in [0.5, 0.6) is 0 Å². The fourth-order valence-electron chi connectivity index (χ4n) is 0.649. The van der Waals surface area contributed by atoms with E-state index in [1.807, 2.05) is 20.8 Å². The van der Waals surface area contributed by atoms with E-state index in [1.165, 1.54) is 4.68 Å². The monoisotopic (exact) mass is 156 g/mol. The van der Waals surface area contributed by atoms with Crippen molar-refractivity contribution in [2.75, 3.05) is 0 Å². The van der Waals surface area contributed by atoms with Crippen LogP contribution in [0.3, 0.4) is 0 Å². The molecule has 0 aliphatic rings. The van der Waals surface area contributed by atoms with Crippen molar-refractivity contribution in [2.45, 2.75) is 26.2 Å². The van der Waals surface area contributed by atoms with E-state index >= 15 is 0 Å². The molecule has 1 heterocycles. The maximum absolute atomic E-state index is 10.8. The van der Waals surface area contributed by atoms with Crippen LogP contribution in [0.15, 0.2) is 9.21 Å². The topological polar surface area (TPSA) is 48.0 Å². The minimum Gasteiger partial charge on any atom is -0.392 e. The maximum Gasteiger partial charge on any atom is 0.436 e. The normalized spacial score (nSPS) is 12.0. The molecule has 1 rings (SSSR count). The first-order chi connectivity index (χ1) is 4.91. The van der Waals surface area contributed by atoms with Gasteiger partial charge in [-0.05, 0) is 0 Å². The minimum absolute atomic E-state index is 0.194. The van der Waals surface area contributed by atoms with Crippen LogP contribution in [0.4, 0.5) is 0 Å². The van der Waals surface area contributed by atoms with Gasteiger partial charge in [0.15, 0.2) is 0 Å². The Balaban J connectivity index is 3.18. The van der Waals surface area contributed by atoms with Crippen molar-refractivity contribution in [1.82, 2.24) is 9.78 Å². The van der Waals surface area contributed by atoms with Gasteiger partial charge in [-0.2, -0.15) is 4.68 Å². The van der Waals surface area contributed by atoms with Crippen LogP contribution in [-0.4, -0.2) is 9.78 Å². The van der Waals surface area contributed by atoms with Crippen molar-refractivity contribution >= 4 is 0 Å². The van der Waals surface area contributed by atoms with E-state index in [2.05, 4.69) is 5.10 Å². The molecule has 4 heteroatoms. The molecule has 0 aliphatic carbocycles. The molecule has 0 aromatic carbocycles. The Labute approximate surface area is 64.8 Å². The van der Waals surface area contributed by atoms with Gasteiger partial charge in [0.1, 0.15) is 0 Å². The molecular formula is C7H12N2O2. The predicted octanol–water partition coefficient (Wildman–Crippen LogP) is 0.671. The van der Waals surface area contributed by atoms with Gasteiger partial charge in [-0.15, -0.1) is 5.10 Å². The molecule has 0 saturated heterocycles. The van der Waals surface area contributed by atoms with Gasteiger partial charge in [0.05, 0.1) is 0 Å². The summed E-state index contributed by atoms with van der Waals surface area (Å²) in [7, 11) is 1.57. The first-order valence-corrected chi connectivity index (χ1v) is 3.46. The molecule has 0 N–H and O–H groups in total. The first-order valence-electron chi connectivity index (χ1n) is 3.46. The molecule has 62 valence electrons. The van der Waals surface area contributed by atoms with Crippen LogP contribution in [0, 0.1) is 0 Å². The summed E-state index contributed by atoms with van der Waals surface area (Å²) in [6.45, 7) is 5.83. The zero-order valence-electron chi connectivity index (χ0n) is 7.21. The van der Waals surface area contributed by atoms with Crippen molar-refractivity contribution in [3.8, 4) is 0 Å². The lowest BCUT2D eigenvalue weighted by molar-refractivity contribution is 0.375. The van der Waals surface area contributed by atoms with E-state index in [9.17, 15) is 4.79 Å². The molecule has 0 aliphatic heterocycles. The lowest BCUT2D eigenvalue weighted by atomic mass is 9.97. The van der Waals surface area contributed by atoms with Gasteiger partial charge in [-0.3, -0.25) is 0 Å². The lowest BCUT2D eigenvalue weighted by Gasteiger charge is -2.10. The van der Waals surface area contributed by atoms with Gasteiger partial charge in [-0.1, -0.05) is 20.8 Å². The summed E-state index contributed by atoms with van der Waals surface area (Å²) in [6.07, 6.45) is 0. The molecule has 11 heavy (non-hydrogen) atoms. The number of aryl methyl sites for hydroxylation is 1. The van der Waals surface area contributed by atoms with E-state index in [1.54, 1.807) is 7.05 Å². The van der Waals surface area contributed by atoms with Crippen molar-refractivity contribution in [3.05, 3.63) is 16.4 Å². The number of rotatable bonds is 0. The van der Waals surface area contributed by atoms with Crippen molar-refractivity contribution in [3.63, 3.8) is 0 Å². The predicted molar refractivity (Wildman–Crippen MR) is 40.4 cm³/mol. The van der Waals surface area contributed by atoms with E-state index in [0.717, 1.165) is 0 Å². The summed E-state index contributed by atoms with van der Waals surface area (Å²) in [6, 6.07) is 0. The Hall–Kier alpha value is -1.06. The van der Waals surface area contributed by atoms with E-state index in [4.69, 9.17) is 4.42 Å². The van der Waals surface area contributed by atoms with Gasteiger partial charge in [0, 0.05) is 12.5 Å². The fourth-order valence-corrected chi connectivity index (χ4v) is 0.649. The van der Waals surface area contributed by atoms with E-state index < -0.39 is 5.76 Å². The number of hydrogen-bond donors (Lipinski definition) is 0. The Morgan fingerprint density at radius 3 is 2.18 bits per heavy atom. The molecule has 0 atom stereocenters. The third-order valence-electron chi connectivity index (χ3n) is 1.33. The highest BCUT2D eigenvalue weighted by molar-refractivity contribution is 4.93. The van der Waals surface area contributed by atoms with Crippen LogP contribution in [-0.2, 0) is 12.5 Å². The summed E-state index contributed by atoms with van der Waals surface area (Å²) in [5, 5.41) is 3.92. The van der Waals surface area contributed by atoms with Crippen molar-refractivity contribution in [2.24, 2.45) is 7.05 Å². The third kappa shape index (κ3) is 1.50. The van der Waals surface area contributed by atoms with Crippen LogP contribution in [0.25, 0.3) is 0 Å². The first kappa shape index (κ1) is 8.04. The number of nitrogens with zero attached hydrogens (tertiary/aromatic N) is 2. The molecule has 0 fully saturated rings. The van der Waals surface area contributed by atoms with Gasteiger partial charge < -0.3 is 4.42 Å². The van der Waals surface area contributed by atoms with Crippen LogP contribution in [0.2, 0.25) is 0 Å². The second kappa shape index (κ2) is 2.22. The number of aromatic nitrogens is 2. The summed E-state index contributed by atoms with van der Waals surface area (Å²) in [4.78, 5) is 10.8. The minimum atomic E-state index is -0.407. The second-order valence-corrected chi connectivity index (χ2v) is 3.55. The second-order valence-electron chi connectivity index (χ2n) is 3.55. The molecular weight excluding hydrogens is 144 g/mol. The average molecular weight is 156 g/mol. The van der Waals surface area contributed by atoms with E-state index in [-0.39, 0.29) is 5.41 Å². The standard InChI is InChI=1S/C7H12N2O2/c1-7(2,3)5-8-9(4)6(10)11-5/h1-4H3. The Kier molecular flexibility index (Phi) is 1.62. The van der Waals surface area contributed by atoms with Gasteiger partial charge >= 0.3 is 5.76 Å². The molecule has 4 nitrogen and oxygen atoms in total. The van der Waals surface area contributed by atoms with Gasteiger partial charge in [0.2, 0.25) is 5.89 Å². The molecule has 0 bridgehead atoms. The highest BCUT2D eigenvalue weighted by atomic mass is 16.4. The lowest BCUT2D eigenvalue weighted by Crippen LogP contribution is -2.12. The Bertz CT molecular complexity index is 303. The summed E-state index contributed by atoms with van der Waals surface area (Å²) >= 11 is 0. The quantitative estimate of drug-likeness (QED) is 0.554. The zero-order chi connectivity index (χ0) is 8.65. The smallest absolute Gasteiger partial charge is 0.392 e. The molecule has 0 unspecified atom stereocenters. The molecule has 0 saturated carbocycles. The molecule has 1 aromatic rings. The molecule has 0 spiro atoms. The Morgan fingerprint density at radius 1 is 1.45 bits per heavy atom. The number of hydrogen-bond acceptors (Lipinski definition) is 3. The zero-order valence-corrected chi connectivity index (χ0v) is 7.21. The molecule has 0 amide bonds. The van der Waals surface area contributed by atoms with E-state index in [0.29, 0.717) is 5.89 Å². The highest BCUT2D eigenvalue weighted by Crippen LogP contribution is 2.17. The molecule has 0 radical (unpaired) electrons. The Morgan fingerprint density at radius 2 is 2.00 bits per heavy atom. The average Bonchev–Trinajstić information content (AvgIpc) is 2.11. The van der Waals surface area contributed by atoms with Crippen molar-refractivity contribution in [1.29, 1.82) is 0 Å². The van der Waals surface area contributed by atoms with Crippen molar-refractivity contribution < 1.29 is 4.42 Å². The summed E-state index contributed by atoms with van der Waals surface area (Å²) < 4.78 is 6.07. The maximum atomic E-state index is 10.8. The van der Waals surface area contributed by atoms with Crippen LogP contribution >= 0.6 is 0 Å².